The maximum Gasteiger partial charge on any atom is 0.222 e. The molecule has 1 amide bonds. The third kappa shape index (κ3) is 4.58. The minimum absolute atomic E-state index is 0.0377. The average Bonchev–Trinajstić information content (AvgIpc) is 2.28. The van der Waals surface area contributed by atoms with Crippen molar-refractivity contribution in [2.75, 3.05) is 19.7 Å². The fraction of sp³-hybridized carbons (Fsp3) is 0.929. The number of carbonyl (C=O) groups excluding carboxylic acids is 1. The highest BCUT2D eigenvalue weighted by Crippen LogP contribution is 2.21. The highest BCUT2D eigenvalue weighted by atomic mass is 16.3. The molecule has 0 aliphatic carbocycles. The molecule has 0 aromatic carbocycles. The fourth-order valence-corrected chi connectivity index (χ4v) is 2.53. The van der Waals surface area contributed by atoms with Crippen LogP contribution in [0.1, 0.15) is 40.5 Å². The molecular weight excluding hydrogens is 228 g/mol. The Hall–Kier alpha value is -0.610. The van der Waals surface area contributed by atoms with E-state index in [-0.39, 0.29) is 24.5 Å². The zero-order valence-electron chi connectivity index (χ0n) is 12.1. The molecule has 0 aromatic heterocycles. The molecule has 1 rings (SSSR count). The van der Waals surface area contributed by atoms with Crippen LogP contribution in [0.2, 0.25) is 0 Å². The van der Waals surface area contributed by atoms with Gasteiger partial charge in [0.25, 0.3) is 0 Å². The number of hydrogen-bond acceptors (Lipinski definition) is 3. The van der Waals surface area contributed by atoms with Crippen LogP contribution in [-0.4, -0.2) is 47.7 Å². The fourth-order valence-electron chi connectivity index (χ4n) is 2.53. The molecule has 0 bridgehead atoms. The molecule has 2 N–H and O–H groups in total. The lowest BCUT2D eigenvalue weighted by molar-refractivity contribution is -0.125. The average molecular weight is 256 g/mol. The molecule has 1 heterocycles. The van der Waals surface area contributed by atoms with E-state index in [9.17, 15) is 4.79 Å². The third-order valence-corrected chi connectivity index (χ3v) is 3.70. The van der Waals surface area contributed by atoms with Crippen LogP contribution in [0.15, 0.2) is 0 Å². The quantitative estimate of drug-likeness (QED) is 0.778. The Labute approximate surface area is 111 Å². The number of piperidine rings is 1. The van der Waals surface area contributed by atoms with Crippen molar-refractivity contribution in [3.05, 3.63) is 0 Å². The van der Waals surface area contributed by atoms with Gasteiger partial charge >= 0.3 is 0 Å². The summed E-state index contributed by atoms with van der Waals surface area (Å²) in [6, 6.07) is 0.720. The van der Waals surface area contributed by atoms with Crippen molar-refractivity contribution in [2.45, 2.75) is 52.6 Å². The summed E-state index contributed by atoms with van der Waals surface area (Å²) in [5, 5.41) is 12.2. The lowest BCUT2D eigenvalue weighted by Crippen LogP contribution is -2.53. The van der Waals surface area contributed by atoms with Crippen LogP contribution in [0.5, 0.6) is 0 Å². The Morgan fingerprint density at radius 2 is 2.00 bits per heavy atom. The molecular formula is C14H28N2O2. The van der Waals surface area contributed by atoms with Crippen molar-refractivity contribution in [1.82, 2.24) is 10.2 Å². The van der Waals surface area contributed by atoms with E-state index in [2.05, 4.69) is 24.1 Å². The van der Waals surface area contributed by atoms with Crippen LogP contribution in [0, 0.1) is 11.8 Å². The van der Waals surface area contributed by atoms with Crippen LogP contribution in [0.3, 0.4) is 0 Å². The smallest absolute Gasteiger partial charge is 0.222 e. The zero-order chi connectivity index (χ0) is 13.7. The molecule has 4 heteroatoms. The largest absolute Gasteiger partial charge is 0.396 e. The van der Waals surface area contributed by atoms with E-state index in [0.29, 0.717) is 12.0 Å². The molecule has 0 radical (unpaired) electrons. The summed E-state index contributed by atoms with van der Waals surface area (Å²) in [4.78, 5) is 14.2. The predicted molar refractivity (Wildman–Crippen MR) is 73.3 cm³/mol. The molecule has 1 fully saturated rings. The number of aliphatic hydroxyl groups is 1. The Morgan fingerprint density at radius 1 is 1.33 bits per heavy atom. The minimum Gasteiger partial charge on any atom is -0.396 e. The van der Waals surface area contributed by atoms with Gasteiger partial charge in [0.1, 0.15) is 0 Å². The molecule has 2 unspecified atom stereocenters. The first-order chi connectivity index (χ1) is 8.43. The van der Waals surface area contributed by atoms with E-state index in [0.717, 1.165) is 25.9 Å². The number of rotatable bonds is 5. The number of hydrogen-bond donors (Lipinski definition) is 2. The monoisotopic (exact) mass is 256 g/mol. The van der Waals surface area contributed by atoms with E-state index in [4.69, 9.17) is 5.11 Å². The van der Waals surface area contributed by atoms with Gasteiger partial charge in [-0.25, -0.2) is 0 Å². The van der Waals surface area contributed by atoms with Gasteiger partial charge in [0.15, 0.2) is 0 Å². The van der Waals surface area contributed by atoms with Crippen molar-refractivity contribution in [1.29, 1.82) is 0 Å². The van der Waals surface area contributed by atoms with Gasteiger partial charge in [-0.15, -0.1) is 0 Å². The molecule has 1 aliphatic rings. The Balaban J connectivity index is 2.58. The van der Waals surface area contributed by atoms with Crippen molar-refractivity contribution in [2.24, 2.45) is 11.8 Å². The first-order valence-electron chi connectivity index (χ1n) is 7.09. The normalized spacial score (nSPS) is 25.7. The number of aliphatic hydroxyl groups excluding tert-OH is 1. The molecule has 0 aromatic rings. The standard InChI is InChI=1S/C14H28N2O2/c1-10(2)14(18)15-13-7-12(5-6-17)8-16(9-13)11(3)4/h10-13,17H,5-9H2,1-4H3,(H,15,18). The van der Waals surface area contributed by atoms with E-state index >= 15 is 0 Å². The second kappa shape index (κ2) is 7.10. The van der Waals surface area contributed by atoms with Crippen molar-refractivity contribution in [3.8, 4) is 0 Å². The number of nitrogens with one attached hydrogen (secondary N) is 1. The van der Waals surface area contributed by atoms with Crippen LogP contribution < -0.4 is 5.32 Å². The topological polar surface area (TPSA) is 52.6 Å². The van der Waals surface area contributed by atoms with E-state index < -0.39 is 0 Å². The molecule has 4 nitrogen and oxygen atoms in total. The van der Waals surface area contributed by atoms with Gasteiger partial charge in [-0.2, -0.15) is 0 Å². The summed E-state index contributed by atoms with van der Waals surface area (Å²) < 4.78 is 0. The van der Waals surface area contributed by atoms with Crippen LogP contribution in [-0.2, 0) is 4.79 Å². The van der Waals surface area contributed by atoms with Gasteiger partial charge in [-0.1, -0.05) is 13.8 Å². The van der Waals surface area contributed by atoms with Gasteiger partial charge in [0.05, 0.1) is 0 Å². The van der Waals surface area contributed by atoms with E-state index in [1.54, 1.807) is 0 Å². The highest BCUT2D eigenvalue weighted by molar-refractivity contribution is 5.78. The molecule has 106 valence electrons. The number of amides is 1. The predicted octanol–water partition coefficient (Wildman–Crippen LogP) is 1.24. The van der Waals surface area contributed by atoms with Crippen molar-refractivity contribution < 1.29 is 9.90 Å². The van der Waals surface area contributed by atoms with Crippen molar-refractivity contribution >= 4 is 5.91 Å². The zero-order valence-corrected chi connectivity index (χ0v) is 12.1. The van der Waals surface area contributed by atoms with Gasteiger partial charge in [-0.05, 0) is 32.6 Å². The van der Waals surface area contributed by atoms with Crippen LogP contribution in [0.25, 0.3) is 0 Å². The molecule has 18 heavy (non-hydrogen) atoms. The minimum atomic E-state index is 0.0377. The lowest BCUT2D eigenvalue weighted by atomic mass is 9.90. The molecule has 1 aliphatic heterocycles. The van der Waals surface area contributed by atoms with Gasteiger partial charge in [0.2, 0.25) is 5.91 Å². The first kappa shape index (κ1) is 15.4. The number of carbonyl (C=O) groups is 1. The Bertz CT molecular complexity index is 267. The SMILES string of the molecule is CC(C)C(=O)NC1CC(CCO)CN(C(C)C)C1. The Morgan fingerprint density at radius 3 is 2.50 bits per heavy atom. The molecule has 0 saturated carbocycles. The highest BCUT2D eigenvalue weighted by Gasteiger charge is 2.29. The maximum atomic E-state index is 11.8. The summed E-state index contributed by atoms with van der Waals surface area (Å²) in [7, 11) is 0. The second-order valence-corrected chi connectivity index (χ2v) is 6.02. The molecule has 2 atom stereocenters. The Kier molecular flexibility index (Phi) is 6.09. The van der Waals surface area contributed by atoms with Gasteiger partial charge in [-0.3, -0.25) is 9.69 Å². The summed E-state index contributed by atoms with van der Waals surface area (Å²) in [5.74, 6) is 0.660. The molecule has 1 saturated heterocycles. The van der Waals surface area contributed by atoms with Crippen LogP contribution >= 0.6 is 0 Å². The maximum absolute atomic E-state index is 11.8. The van der Waals surface area contributed by atoms with E-state index in [1.165, 1.54) is 0 Å². The third-order valence-electron chi connectivity index (χ3n) is 3.70. The first-order valence-corrected chi connectivity index (χ1v) is 7.09. The van der Waals surface area contributed by atoms with Gasteiger partial charge < -0.3 is 10.4 Å². The van der Waals surface area contributed by atoms with Crippen LogP contribution in [0.4, 0.5) is 0 Å². The lowest BCUT2D eigenvalue weighted by Gasteiger charge is -2.40. The number of likely N-dealkylation sites (tertiary alicyclic amines) is 1. The second-order valence-electron chi connectivity index (χ2n) is 6.02. The summed E-state index contributed by atoms with van der Waals surface area (Å²) in [6.45, 7) is 10.4. The van der Waals surface area contributed by atoms with E-state index in [1.807, 2.05) is 13.8 Å². The summed E-state index contributed by atoms with van der Waals surface area (Å²) in [5.41, 5.74) is 0. The van der Waals surface area contributed by atoms with Crippen molar-refractivity contribution in [3.63, 3.8) is 0 Å². The van der Waals surface area contributed by atoms with Gasteiger partial charge in [0, 0.05) is 37.7 Å². The summed E-state index contributed by atoms with van der Waals surface area (Å²) in [6.07, 6.45) is 1.82. The number of nitrogens with zero attached hydrogens (tertiary/aromatic N) is 1. The summed E-state index contributed by atoms with van der Waals surface area (Å²) >= 11 is 0. The molecule has 0 spiro atoms.